The monoisotopic (exact) mass is 542 g/mol. The van der Waals surface area contributed by atoms with Gasteiger partial charge in [0, 0.05) is 44.7 Å². The van der Waals surface area contributed by atoms with Crippen molar-refractivity contribution in [3.63, 3.8) is 0 Å². The van der Waals surface area contributed by atoms with Crippen molar-refractivity contribution in [2.24, 2.45) is 5.41 Å². The van der Waals surface area contributed by atoms with Crippen LogP contribution in [0.3, 0.4) is 0 Å². The summed E-state index contributed by atoms with van der Waals surface area (Å²) in [7, 11) is 0. The number of piperazine rings is 1. The molecule has 1 aromatic heterocycles. The number of ether oxygens (including phenoxy) is 2. The fraction of sp³-hybridized carbons (Fsp3) is 0.444. The molecule has 6 rings (SSSR count). The molecule has 11 heteroatoms. The highest BCUT2D eigenvalue weighted by molar-refractivity contribution is 6.35. The van der Waals surface area contributed by atoms with Gasteiger partial charge in [-0.3, -0.25) is 9.59 Å². The van der Waals surface area contributed by atoms with Gasteiger partial charge in [-0.05, 0) is 31.1 Å². The highest BCUT2D eigenvalue weighted by atomic mass is 35.5. The van der Waals surface area contributed by atoms with E-state index in [1.165, 1.54) is 24.3 Å². The number of amides is 2. The smallest absolute Gasteiger partial charge is 0.261 e. The lowest BCUT2D eigenvalue weighted by Crippen LogP contribution is -2.57. The SMILES string of the molecule is C=CC(=O)N1CCN2C(=O)c3c(N4CCC5(CCOC5)C4)nc(-c4c(O)cccc4F)c(Cl)c3OC[C@H]2C1. The zero-order valence-electron chi connectivity index (χ0n) is 20.8. The minimum Gasteiger partial charge on any atom is -0.507 e. The average molecular weight is 543 g/mol. The van der Waals surface area contributed by atoms with Crippen molar-refractivity contribution in [1.82, 2.24) is 14.8 Å². The summed E-state index contributed by atoms with van der Waals surface area (Å²) in [4.78, 5) is 36.4. The number of benzene rings is 1. The van der Waals surface area contributed by atoms with Crippen molar-refractivity contribution in [2.45, 2.75) is 18.9 Å². The number of hydrogen-bond donors (Lipinski definition) is 1. The van der Waals surface area contributed by atoms with Crippen molar-refractivity contribution in [1.29, 1.82) is 0 Å². The lowest BCUT2D eigenvalue weighted by atomic mass is 9.87. The van der Waals surface area contributed by atoms with Gasteiger partial charge in [-0.25, -0.2) is 9.37 Å². The number of halogens is 2. The molecule has 4 aliphatic rings. The fourth-order valence-corrected chi connectivity index (χ4v) is 6.29. The van der Waals surface area contributed by atoms with E-state index in [-0.39, 0.29) is 63.7 Å². The van der Waals surface area contributed by atoms with Crippen LogP contribution in [0.5, 0.6) is 11.5 Å². The number of aromatic hydroxyl groups is 1. The number of fused-ring (bicyclic) bond motifs is 2. The van der Waals surface area contributed by atoms with E-state index in [0.29, 0.717) is 45.2 Å². The van der Waals surface area contributed by atoms with Crippen LogP contribution in [-0.2, 0) is 9.53 Å². The van der Waals surface area contributed by atoms with E-state index < -0.39 is 11.9 Å². The van der Waals surface area contributed by atoms with Crippen molar-refractivity contribution >= 4 is 29.2 Å². The van der Waals surface area contributed by atoms with Gasteiger partial charge in [0.05, 0.1) is 18.2 Å². The minimum absolute atomic E-state index is 0.00997. The molecule has 1 unspecified atom stereocenters. The van der Waals surface area contributed by atoms with Crippen LogP contribution in [0.1, 0.15) is 23.2 Å². The second-order valence-corrected chi connectivity index (χ2v) is 10.7. The third-order valence-electron chi connectivity index (χ3n) is 8.09. The Kier molecular flexibility index (Phi) is 6.19. The van der Waals surface area contributed by atoms with Crippen LogP contribution in [0.15, 0.2) is 30.9 Å². The number of phenols is 1. The largest absolute Gasteiger partial charge is 0.507 e. The molecule has 0 radical (unpaired) electrons. The van der Waals surface area contributed by atoms with E-state index in [9.17, 15) is 19.1 Å². The Morgan fingerprint density at radius 3 is 2.84 bits per heavy atom. The molecule has 1 spiro atoms. The Morgan fingerprint density at radius 2 is 2.11 bits per heavy atom. The van der Waals surface area contributed by atoms with Gasteiger partial charge in [0.25, 0.3) is 5.91 Å². The second-order valence-electron chi connectivity index (χ2n) is 10.4. The Bertz CT molecular complexity index is 1310. The molecule has 0 bridgehead atoms. The maximum atomic E-state index is 15.0. The van der Waals surface area contributed by atoms with Crippen molar-refractivity contribution < 1.29 is 28.6 Å². The summed E-state index contributed by atoms with van der Waals surface area (Å²) in [5, 5.41) is 10.5. The first kappa shape index (κ1) is 24.9. The number of nitrogens with zero attached hydrogens (tertiary/aromatic N) is 4. The molecule has 200 valence electrons. The van der Waals surface area contributed by atoms with E-state index in [1.807, 2.05) is 4.90 Å². The van der Waals surface area contributed by atoms with Gasteiger partial charge in [0.1, 0.15) is 40.3 Å². The average Bonchev–Trinajstić information content (AvgIpc) is 3.53. The number of anilines is 1. The van der Waals surface area contributed by atoms with Crippen molar-refractivity contribution in [3.05, 3.63) is 47.3 Å². The van der Waals surface area contributed by atoms with Crippen molar-refractivity contribution in [2.75, 3.05) is 57.4 Å². The molecule has 38 heavy (non-hydrogen) atoms. The summed E-state index contributed by atoms with van der Waals surface area (Å²) in [6.07, 6.45) is 3.03. The number of carbonyl (C=O) groups is 2. The molecule has 0 saturated carbocycles. The number of aromatic nitrogens is 1. The first-order chi connectivity index (χ1) is 18.3. The van der Waals surface area contributed by atoms with E-state index in [4.69, 9.17) is 26.1 Å². The molecule has 2 atom stereocenters. The summed E-state index contributed by atoms with van der Waals surface area (Å²) in [6.45, 7) is 7.19. The number of carbonyl (C=O) groups excluding carboxylic acids is 2. The van der Waals surface area contributed by atoms with E-state index in [1.54, 1.807) is 9.80 Å². The summed E-state index contributed by atoms with van der Waals surface area (Å²) in [5.41, 5.74) is 0.0373. The first-order valence-corrected chi connectivity index (χ1v) is 13.1. The van der Waals surface area contributed by atoms with Crippen LogP contribution in [0.2, 0.25) is 5.02 Å². The molecule has 3 fully saturated rings. The fourth-order valence-electron chi connectivity index (χ4n) is 6.00. The molecule has 2 aromatic rings. The molecular formula is C27H28ClFN4O5. The predicted molar refractivity (Wildman–Crippen MR) is 138 cm³/mol. The molecular weight excluding hydrogens is 515 g/mol. The van der Waals surface area contributed by atoms with Crippen LogP contribution in [0.25, 0.3) is 11.3 Å². The van der Waals surface area contributed by atoms with Crippen LogP contribution in [0, 0.1) is 11.2 Å². The predicted octanol–water partition coefficient (Wildman–Crippen LogP) is 3.09. The van der Waals surface area contributed by atoms with Gasteiger partial charge in [-0.2, -0.15) is 0 Å². The van der Waals surface area contributed by atoms with Gasteiger partial charge < -0.3 is 29.3 Å². The van der Waals surface area contributed by atoms with Crippen LogP contribution in [-0.4, -0.2) is 90.3 Å². The van der Waals surface area contributed by atoms with Crippen LogP contribution in [0.4, 0.5) is 10.2 Å². The van der Waals surface area contributed by atoms with Gasteiger partial charge in [-0.15, -0.1) is 0 Å². The second kappa shape index (κ2) is 9.43. The molecule has 2 amide bonds. The Balaban J connectivity index is 1.48. The topological polar surface area (TPSA) is 95.4 Å². The Labute approximate surface area is 224 Å². The lowest BCUT2D eigenvalue weighted by Gasteiger charge is -2.39. The summed E-state index contributed by atoms with van der Waals surface area (Å²) >= 11 is 6.79. The summed E-state index contributed by atoms with van der Waals surface area (Å²) in [5.74, 6) is -1.06. The molecule has 1 aromatic carbocycles. The van der Waals surface area contributed by atoms with Gasteiger partial charge >= 0.3 is 0 Å². The standard InChI is InChI=1S/C27H28ClFN4O5/c1-2-19(35)31-9-10-33-16(12-31)13-38-24-21(26(33)36)25(32-8-6-27(14-32)7-11-37-15-27)30-23(22(24)28)20-17(29)4-3-5-18(20)34/h2-5,16,34H,1,6-15H2/t16-,27?/m1/s1. The lowest BCUT2D eigenvalue weighted by molar-refractivity contribution is -0.128. The quantitative estimate of drug-likeness (QED) is 0.596. The highest BCUT2D eigenvalue weighted by Gasteiger charge is 2.45. The Morgan fingerprint density at radius 1 is 1.26 bits per heavy atom. The van der Waals surface area contributed by atoms with E-state index in [2.05, 4.69) is 6.58 Å². The maximum Gasteiger partial charge on any atom is 0.261 e. The number of hydrogen-bond acceptors (Lipinski definition) is 7. The summed E-state index contributed by atoms with van der Waals surface area (Å²) < 4.78 is 26.9. The third-order valence-corrected chi connectivity index (χ3v) is 8.44. The van der Waals surface area contributed by atoms with E-state index in [0.717, 1.165) is 12.8 Å². The number of rotatable bonds is 3. The molecule has 5 heterocycles. The minimum atomic E-state index is -0.691. The highest BCUT2D eigenvalue weighted by Crippen LogP contribution is 2.48. The number of pyridine rings is 1. The molecule has 9 nitrogen and oxygen atoms in total. The summed E-state index contributed by atoms with van der Waals surface area (Å²) in [6, 6.07) is 3.57. The molecule has 4 aliphatic heterocycles. The van der Waals surface area contributed by atoms with Gasteiger partial charge in [-0.1, -0.05) is 24.2 Å². The molecule has 3 saturated heterocycles. The van der Waals surface area contributed by atoms with E-state index >= 15 is 0 Å². The number of phenolic OH excluding ortho intramolecular Hbond substituents is 1. The first-order valence-electron chi connectivity index (χ1n) is 12.7. The normalized spacial score (nSPS) is 24.7. The van der Waals surface area contributed by atoms with Gasteiger partial charge in [0.2, 0.25) is 5.91 Å². The molecule has 0 aliphatic carbocycles. The Hall–Kier alpha value is -3.37. The van der Waals surface area contributed by atoms with Gasteiger partial charge in [0.15, 0.2) is 5.75 Å². The molecule has 1 N–H and O–H groups in total. The third kappa shape index (κ3) is 3.97. The van der Waals surface area contributed by atoms with Crippen LogP contribution < -0.4 is 9.64 Å². The van der Waals surface area contributed by atoms with Crippen LogP contribution >= 0.6 is 11.6 Å². The maximum absolute atomic E-state index is 15.0. The zero-order valence-corrected chi connectivity index (χ0v) is 21.5. The zero-order chi connectivity index (χ0) is 26.6. The van der Waals surface area contributed by atoms with Crippen molar-refractivity contribution in [3.8, 4) is 22.8 Å².